The molecule has 1 N–H and O–H groups in total. The highest BCUT2D eigenvalue weighted by Crippen LogP contribution is 2.17. The van der Waals surface area contributed by atoms with Crippen LogP contribution in [0.25, 0.3) is 0 Å². The summed E-state index contributed by atoms with van der Waals surface area (Å²) in [5, 5.41) is 2.70. The highest BCUT2D eigenvalue weighted by Gasteiger charge is 2.21. The second kappa shape index (κ2) is 7.83. The van der Waals surface area contributed by atoms with Gasteiger partial charge in [-0.2, -0.15) is 0 Å². The Morgan fingerprint density at radius 2 is 1.68 bits per heavy atom. The molecule has 0 radical (unpaired) electrons. The maximum absolute atomic E-state index is 12.3. The zero-order chi connectivity index (χ0) is 17.6. The third-order valence-corrected chi connectivity index (χ3v) is 4.44. The summed E-state index contributed by atoms with van der Waals surface area (Å²) in [5.41, 5.74) is 3.00. The Kier molecular flexibility index (Phi) is 5.33. The Morgan fingerprint density at radius 3 is 2.36 bits per heavy atom. The van der Waals surface area contributed by atoms with Crippen LogP contribution in [0.1, 0.15) is 15.9 Å². The van der Waals surface area contributed by atoms with Gasteiger partial charge in [0, 0.05) is 37.4 Å². The van der Waals surface area contributed by atoms with Crippen molar-refractivity contribution in [1.82, 2.24) is 10.2 Å². The SMILES string of the molecule is Cc1cccc(N2CCN(C(=O)CNC(=O)c3ccccc3)CC2)c1. The third kappa shape index (κ3) is 4.38. The molecule has 0 aliphatic carbocycles. The van der Waals surface area contributed by atoms with Crippen LogP contribution in [0.2, 0.25) is 0 Å². The smallest absolute Gasteiger partial charge is 0.251 e. The number of carbonyl (C=O) groups excluding carboxylic acids is 2. The monoisotopic (exact) mass is 337 g/mol. The average Bonchev–Trinajstić information content (AvgIpc) is 2.66. The van der Waals surface area contributed by atoms with Crippen molar-refractivity contribution in [2.24, 2.45) is 0 Å². The van der Waals surface area contributed by atoms with Crippen LogP contribution in [0.3, 0.4) is 0 Å². The number of amides is 2. The fourth-order valence-corrected chi connectivity index (χ4v) is 3.00. The van der Waals surface area contributed by atoms with Crippen LogP contribution in [0.15, 0.2) is 54.6 Å². The summed E-state index contributed by atoms with van der Waals surface area (Å²) < 4.78 is 0. The van der Waals surface area contributed by atoms with E-state index in [1.54, 1.807) is 24.3 Å². The van der Waals surface area contributed by atoms with E-state index in [0.29, 0.717) is 18.7 Å². The largest absolute Gasteiger partial charge is 0.368 e. The summed E-state index contributed by atoms with van der Waals surface area (Å²) in [6.45, 7) is 5.09. The second-order valence-corrected chi connectivity index (χ2v) is 6.26. The molecule has 1 saturated heterocycles. The van der Waals surface area contributed by atoms with Gasteiger partial charge in [0.2, 0.25) is 5.91 Å². The number of hydrogen-bond donors (Lipinski definition) is 1. The van der Waals surface area contributed by atoms with E-state index in [1.165, 1.54) is 11.3 Å². The quantitative estimate of drug-likeness (QED) is 0.929. The van der Waals surface area contributed by atoms with Crippen molar-refractivity contribution in [3.8, 4) is 0 Å². The van der Waals surface area contributed by atoms with Gasteiger partial charge in [0.25, 0.3) is 5.91 Å². The van der Waals surface area contributed by atoms with Crippen molar-refractivity contribution >= 4 is 17.5 Å². The minimum absolute atomic E-state index is 0.0341. The Morgan fingerprint density at radius 1 is 0.960 bits per heavy atom. The lowest BCUT2D eigenvalue weighted by molar-refractivity contribution is -0.130. The minimum Gasteiger partial charge on any atom is -0.368 e. The summed E-state index contributed by atoms with van der Waals surface area (Å²) >= 11 is 0. The van der Waals surface area contributed by atoms with E-state index < -0.39 is 0 Å². The van der Waals surface area contributed by atoms with Crippen LogP contribution >= 0.6 is 0 Å². The Hall–Kier alpha value is -2.82. The standard InChI is InChI=1S/C20H23N3O2/c1-16-6-5-9-18(14-16)22-10-12-23(13-11-22)19(24)15-21-20(25)17-7-3-2-4-8-17/h2-9,14H,10-13,15H2,1H3,(H,21,25). The Balaban J connectivity index is 1.48. The normalized spacial score (nSPS) is 14.3. The zero-order valence-corrected chi connectivity index (χ0v) is 14.4. The molecule has 1 aliphatic rings. The molecule has 0 atom stereocenters. The van der Waals surface area contributed by atoms with E-state index in [0.717, 1.165) is 13.1 Å². The van der Waals surface area contributed by atoms with Crippen molar-refractivity contribution in [2.45, 2.75) is 6.92 Å². The van der Waals surface area contributed by atoms with E-state index in [4.69, 9.17) is 0 Å². The van der Waals surface area contributed by atoms with Crippen LogP contribution in [0, 0.1) is 6.92 Å². The molecule has 130 valence electrons. The summed E-state index contributed by atoms with van der Waals surface area (Å²) in [6, 6.07) is 17.3. The molecule has 25 heavy (non-hydrogen) atoms. The Bertz CT molecular complexity index is 738. The highest BCUT2D eigenvalue weighted by molar-refractivity contribution is 5.96. The minimum atomic E-state index is -0.215. The van der Waals surface area contributed by atoms with Crippen LogP contribution < -0.4 is 10.2 Å². The first kappa shape index (κ1) is 17.0. The van der Waals surface area contributed by atoms with Crippen LogP contribution in [0.4, 0.5) is 5.69 Å². The van der Waals surface area contributed by atoms with Crippen molar-refractivity contribution in [3.05, 3.63) is 65.7 Å². The predicted octanol–water partition coefficient (Wildman–Crippen LogP) is 2.07. The first-order chi connectivity index (χ1) is 12.1. The van der Waals surface area contributed by atoms with Gasteiger partial charge in [-0.25, -0.2) is 0 Å². The number of anilines is 1. The summed E-state index contributed by atoms with van der Waals surface area (Å²) in [7, 11) is 0. The van der Waals surface area contributed by atoms with Gasteiger partial charge >= 0.3 is 0 Å². The molecule has 1 fully saturated rings. The molecule has 2 aromatic carbocycles. The molecule has 0 bridgehead atoms. The number of aryl methyl sites for hydroxylation is 1. The lowest BCUT2D eigenvalue weighted by Crippen LogP contribution is -2.51. The predicted molar refractivity (Wildman–Crippen MR) is 98.7 cm³/mol. The van der Waals surface area contributed by atoms with E-state index in [1.807, 2.05) is 11.0 Å². The van der Waals surface area contributed by atoms with Gasteiger partial charge in [-0.05, 0) is 36.8 Å². The third-order valence-electron chi connectivity index (χ3n) is 4.44. The Labute approximate surface area is 148 Å². The number of nitrogens with zero attached hydrogens (tertiary/aromatic N) is 2. The highest BCUT2D eigenvalue weighted by atomic mass is 16.2. The van der Waals surface area contributed by atoms with Crippen molar-refractivity contribution < 1.29 is 9.59 Å². The molecule has 3 rings (SSSR count). The average molecular weight is 337 g/mol. The molecular weight excluding hydrogens is 314 g/mol. The molecule has 0 aromatic heterocycles. The van der Waals surface area contributed by atoms with Crippen molar-refractivity contribution in [1.29, 1.82) is 0 Å². The zero-order valence-electron chi connectivity index (χ0n) is 14.4. The lowest BCUT2D eigenvalue weighted by Gasteiger charge is -2.36. The lowest BCUT2D eigenvalue weighted by atomic mass is 10.2. The second-order valence-electron chi connectivity index (χ2n) is 6.26. The first-order valence-corrected chi connectivity index (χ1v) is 8.56. The van der Waals surface area contributed by atoms with E-state index in [9.17, 15) is 9.59 Å². The van der Waals surface area contributed by atoms with Crippen molar-refractivity contribution in [2.75, 3.05) is 37.6 Å². The molecule has 2 amide bonds. The number of benzene rings is 2. The molecule has 5 nitrogen and oxygen atoms in total. The first-order valence-electron chi connectivity index (χ1n) is 8.56. The molecule has 5 heteroatoms. The maximum Gasteiger partial charge on any atom is 0.251 e. The topological polar surface area (TPSA) is 52.6 Å². The molecular formula is C20H23N3O2. The molecule has 0 unspecified atom stereocenters. The number of hydrogen-bond acceptors (Lipinski definition) is 3. The summed E-state index contributed by atoms with van der Waals surface area (Å²) in [6.07, 6.45) is 0. The molecule has 0 saturated carbocycles. The molecule has 1 heterocycles. The summed E-state index contributed by atoms with van der Waals surface area (Å²) in [4.78, 5) is 28.4. The molecule has 2 aromatic rings. The van der Waals surface area contributed by atoms with Gasteiger partial charge in [-0.3, -0.25) is 9.59 Å². The van der Waals surface area contributed by atoms with Crippen LogP contribution in [-0.4, -0.2) is 49.4 Å². The van der Waals surface area contributed by atoms with E-state index in [-0.39, 0.29) is 18.4 Å². The van der Waals surface area contributed by atoms with Gasteiger partial charge < -0.3 is 15.1 Å². The maximum atomic E-state index is 12.3. The van der Waals surface area contributed by atoms with E-state index >= 15 is 0 Å². The number of carbonyl (C=O) groups is 2. The van der Waals surface area contributed by atoms with Gasteiger partial charge in [0.15, 0.2) is 0 Å². The number of nitrogens with one attached hydrogen (secondary N) is 1. The van der Waals surface area contributed by atoms with E-state index in [2.05, 4.69) is 41.4 Å². The summed E-state index contributed by atoms with van der Waals surface area (Å²) in [5.74, 6) is -0.250. The fraction of sp³-hybridized carbons (Fsp3) is 0.300. The molecule has 1 aliphatic heterocycles. The van der Waals surface area contributed by atoms with Gasteiger partial charge in [-0.1, -0.05) is 30.3 Å². The van der Waals surface area contributed by atoms with Crippen molar-refractivity contribution in [3.63, 3.8) is 0 Å². The van der Waals surface area contributed by atoms with Gasteiger partial charge in [0.05, 0.1) is 6.54 Å². The van der Waals surface area contributed by atoms with Gasteiger partial charge in [-0.15, -0.1) is 0 Å². The van der Waals surface area contributed by atoms with Crippen LogP contribution in [-0.2, 0) is 4.79 Å². The van der Waals surface area contributed by atoms with Gasteiger partial charge in [0.1, 0.15) is 0 Å². The number of piperazine rings is 1. The number of rotatable bonds is 4. The van der Waals surface area contributed by atoms with Crippen LogP contribution in [0.5, 0.6) is 0 Å². The fourth-order valence-electron chi connectivity index (χ4n) is 3.00. The molecule has 0 spiro atoms.